The highest BCUT2D eigenvalue weighted by Crippen LogP contribution is 2.38. The van der Waals surface area contributed by atoms with Crippen molar-refractivity contribution in [1.82, 2.24) is 19.5 Å². The molecule has 7 nitrogen and oxygen atoms in total. The van der Waals surface area contributed by atoms with Crippen LogP contribution in [0.25, 0.3) is 11.0 Å². The number of benzene rings is 1. The van der Waals surface area contributed by atoms with Crippen LogP contribution >= 0.6 is 11.8 Å². The fraction of sp³-hybridized carbons (Fsp3) is 0.429. The van der Waals surface area contributed by atoms with Crippen molar-refractivity contribution in [3.05, 3.63) is 41.5 Å². The van der Waals surface area contributed by atoms with Crippen LogP contribution in [0.4, 0.5) is 19.1 Å². The second-order valence-corrected chi connectivity index (χ2v) is 8.62. The summed E-state index contributed by atoms with van der Waals surface area (Å²) in [6.07, 6.45) is -1.54. The van der Waals surface area contributed by atoms with E-state index in [1.807, 2.05) is 26.2 Å². The van der Waals surface area contributed by atoms with E-state index < -0.39 is 17.8 Å². The number of rotatable bonds is 4. The van der Waals surface area contributed by atoms with Crippen LogP contribution in [0.1, 0.15) is 41.8 Å². The normalized spacial score (nSPS) is 16.5. The topological polar surface area (TPSA) is 73.1 Å². The number of methoxy groups -OCH3 is 1. The Balaban J connectivity index is 1.84. The van der Waals surface area contributed by atoms with E-state index >= 15 is 0 Å². The van der Waals surface area contributed by atoms with Crippen LogP contribution < -0.4 is 4.90 Å². The van der Waals surface area contributed by atoms with Crippen molar-refractivity contribution in [3.8, 4) is 0 Å². The van der Waals surface area contributed by atoms with Gasteiger partial charge in [-0.05, 0) is 30.4 Å². The van der Waals surface area contributed by atoms with Crippen LogP contribution in [0.3, 0.4) is 0 Å². The zero-order valence-electron chi connectivity index (χ0n) is 18.0. The molecular weight excluding hydrogens is 443 g/mol. The summed E-state index contributed by atoms with van der Waals surface area (Å²) in [5.41, 5.74) is 0.960. The average molecular weight is 466 g/mol. The Labute approximate surface area is 187 Å². The fourth-order valence-electron chi connectivity index (χ4n) is 4.08. The maximum atomic E-state index is 13.2. The largest absolute Gasteiger partial charge is 0.465 e. The van der Waals surface area contributed by atoms with Gasteiger partial charge in [-0.15, -0.1) is 11.8 Å². The highest BCUT2D eigenvalue weighted by molar-refractivity contribution is 7.98. The molecule has 3 aromatic rings. The first-order valence-electron chi connectivity index (χ1n) is 9.99. The Morgan fingerprint density at radius 1 is 1.25 bits per heavy atom. The Morgan fingerprint density at radius 2 is 2.00 bits per heavy atom. The molecule has 32 heavy (non-hydrogen) atoms. The lowest BCUT2D eigenvalue weighted by Gasteiger charge is -2.38. The van der Waals surface area contributed by atoms with Gasteiger partial charge in [-0.1, -0.05) is 13.8 Å². The molecule has 0 amide bonds. The van der Waals surface area contributed by atoms with E-state index in [2.05, 4.69) is 14.5 Å². The summed E-state index contributed by atoms with van der Waals surface area (Å²) in [6, 6.07) is 4.15. The minimum Gasteiger partial charge on any atom is -0.465 e. The predicted octanol–water partition coefficient (Wildman–Crippen LogP) is 4.57. The van der Waals surface area contributed by atoms with E-state index in [1.54, 1.807) is 11.0 Å². The molecule has 1 unspecified atom stereocenters. The molecule has 1 aliphatic heterocycles. The molecule has 1 aromatic carbocycles. The number of nitrogens with zero attached hydrogens (tertiary/aromatic N) is 5. The third-order valence-electron chi connectivity index (χ3n) is 5.49. The molecule has 0 bridgehead atoms. The molecule has 3 heterocycles. The number of hydrogen-bond donors (Lipinski definition) is 0. The maximum absolute atomic E-state index is 13.2. The van der Waals surface area contributed by atoms with E-state index in [1.165, 1.54) is 18.9 Å². The molecule has 0 fully saturated rings. The molecule has 0 saturated carbocycles. The number of imidazole rings is 1. The number of thioether (sulfide) groups is 1. The minimum atomic E-state index is -4.55. The van der Waals surface area contributed by atoms with Crippen molar-refractivity contribution in [3.63, 3.8) is 0 Å². The molecule has 0 spiro atoms. The zero-order valence-corrected chi connectivity index (χ0v) is 18.8. The maximum Gasteiger partial charge on any atom is 0.433 e. The molecule has 0 saturated heterocycles. The number of alkyl halides is 3. The summed E-state index contributed by atoms with van der Waals surface area (Å²) >= 11 is 1.44. The van der Waals surface area contributed by atoms with Gasteiger partial charge in [0, 0.05) is 24.2 Å². The van der Waals surface area contributed by atoms with Gasteiger partial charge in [-0.2, -0.15) is 13.2 Å². The fourth-order valence-corrected chi connectivity index (χ4v) is 4.67. The quantitative estimate of drug-likeness (QED) is 0.413. The second kappa shape index (κ2) is 8.27. The molecule has 2 aromatic heterocycles. The summed E-state index contributed by atoms with van der Waals surface area (Å²) < 4.78 is 46.6. The number of hydrogen-bond acceptors (Lipinski definition) is 7. The van der Waals surface area contributed by atoms with Gasteiger partial charge in [0.1, 0.15) is 11.5 Å². The number of anilines is 1. The van der Waals surface area contributed by atoms with Gasteiger partial charge >= 0.3 is 12.1 Å². The van der Waals surface area contributed by atoms with Gasteiger partial charge in [0.15, 0.2) is 0 Å². The van der Waals surface area contributed by atoms with Crippen molar-refractivity contribution in [2.24, 2.45) is 5.92 Å². The standard InChI is InChI=1S/C21H22F3N5O2S/c1-11(2)17-18-26-13-9-12(19(30)31-3)15(32-4)10-14(13)28(18)7-8-29(17)20-25-6-5-16(27-20)21(22,23)24/h5-6,9-11,17H,7-8H2,1-4H3. The minimum absolute atomic E-state index is 0.0177. The number of aromatic nitrogens is 4. The number of ether oxygens (including phenoxy) is 1. The van der Waals surface area contributed by atoms with E-state index in [4.69, 9.17) is 9.72 Å². The van der Waals surface area contributed by atoms with Crippen molar-refractivity contribution < 1.29 is 22.7 Å². The van der Waals surface area contributed by atoms with Gasteiger partial charge < -0.3 is 14.2 Å². The lowest BCUT2D eigenvalue weighted by molar-refractivity contribution is -0.141. The smallest absolute Gasteiger partial charge is 0.433 e. The highest BCUT2D eigenvalue weighted by atomic mass is 32.2. The first kappa shape index (κ1) is 22.4. The van der Waals surface area contributed by atoms with Gasteiger partial charge in [0.2, 0.25) is 5.95 Å². The van der Waals surface area contributed by atoms with Crippen LogP contribution in [0, 0.1) is 5.92 Å². The first-order chi connectivity index (χ1) is 15.2. The Kier molecular flexibility index (Phi) is 5.78. The summed E-state index contributed by atoms with van der Waals surface area (Å²) in [4.78, 5) is 27.5. The number of carbonyl (C=O) groups is 1. The van der Waals surface area contributed by atoms with Crippen LogP contribution in [-0.4, -0.2) is 45.4 Å². The van der Waals surface area contributed by atoms with Crippen LogP contribution in [0.5, 0.6) is 0 Å². The van der Waals surface area contributed by atoms with E-state index in [0.29, 0.717) is 30.0 Å². The third-order valence-corrected chi connectivity index (χ3v) is 6.27. The van der Waals surface area contributed by atoms with Gasteiger partial charge in [-0.3, -0.25) is 0 Å². The average Bonchev–Trinajstić information content (AvgIpc) is 3.13. The monoisotopic (exact) mass is 465 g/mol. The summed E-state index contributed by atoms with van der Waals surface area (Å²) in [7, 11) is 1.33. The SMILES string of the molecule is COC(=O)c1cc2nc3n(c2cc1SC)CCN(c1nccc(C(F)(F)F)n1)C3C(C)C. The van der Waals surface area contributed by atoms with Crippen molar-refractivity contribution in [2.45, 2.75) is 37.5 Å². The van der Waals surface area contributed by atoms with Crippen LogP contribution in [-0.2, 0) is 17.5 Å². The van der Waals surface area contributed by atoms with Gasteiger partial charge in [0.05, 0.1) is 29.7 Å². The Bertz CT molecular complexity index is 1180. The van der Waals surface area contributed by atoms with Crippen LogP contribution in [0.15, 0.2) is 29.3 Å². The molecule has 1 aliphatic rings. The lowest BCUT2D eigenvalue weighted by Crippen LogP contribution is -2.42. The summed E-state index contributed by atoms with van der Waals surface area (Å²) in [6.45, 7) is 4.89. The number of fused-ring (bicyclic) bond motifs is 3. The van der Waals surface area contributed by atoms with Crippen molar-refractivity contribution >= 4 is 34.7 Å². The molecule has 0 N–H and O–H groups in total. The predicted molar refractivity (Wildman–Crippen MR) is 115 cm³/mol. The Morgan fingerprint density at radius 3 is 2.62 bits per heavy atom. The van der Waals surface area contributed by atoms with Gasteiger partial charge in [0.25, 0.3) is 0 Å². The molecule has 0 radical (unpaired) electrons. The third kappa shape index (κ3) is 3.78. The van der Waals surface area contributed by atoms with E-state index in [9.17, 15) is 18.0 Å². The first-order valence-corrected chi connectivity index (χ1v) is 11.2. The summed E-state index contributed by atoms with van der Waals surface area (Å²) in [5.74, 6) is 0.305. The zero-order chi connectivity index (χ0) is 23.2. The molecule has 0 aliphatic carbocycles. The van der Waals surface area contributed by atoms with E-state index in [-0.39, 0.29) is 17.9 Å². The van der Waals surface area contributed by atoms with Crippen molar-refractivity contribution in [1.29, 1.82) is 0 Å². The van der Waals surface area contributed by atoms with Crippen molar-refractivity contribution in [2.75, 3.05) is 24.8 Å². The number of esters is 1. The summed E-state index contributed by atoms with van der Waals surface area (Å²) in [5, 5.41) is 0. The molecule has 11 heteroatoms. The van der Waals surface area contributed by atoms with Crippen LogP contribution in [0.2, 0.25) is 0 Å². The molecule has 170 valence electrons. The lowest BCUT2D eigenvalue weighted by atomic mass is 10.00. The highest BCUT2D eigenvalue weighted by Gasteiger charge is 2.37. The molecule has 1 atom stereocenters. The number of halogens is 3. The number of carbonyl (C=O) groups excluding carboxylic acids is 1. The Hall–Kier alpha value is -2.82. The van der Waals surface area contributed by atoms with E-state index in [0.717, 1.165) is 22.7 Å². The van der Waals surface area contributed by atoms with Gasteiger partial charge in [-0.25, -0.2) is 19.7 Å². The molecular formula is C21H22F3N5O2S. The molecule has 4 rings (SSSR count). The second-order valence-electron chi connectivity index (χ2n) is 7.78.